The predicted octanol–water partition coefficient (Wildman–Crippen LogP) is 3.16. The fourth-order valence-electron chi connectivity index (χ4n) is 1.05. The lowest BCUT2D eigenvalue weighted by molar-refractivity contribution is -0.147. The Labute approximate surface area is 124 Å². The topological polar surface area (TPSA) is 43.4 Å². The molecule has 16 heavy (non-hydrogen) atoms. The van der Waals surface area contributed by atoms with Crippen LogP contribution in [-0.4, -0.2) is 26.7 Å². The minimum absolute atomic E-state index is 0.142. The van der Waals surface area contributed by atoms with Crippen molar-refractivity contribution >= 4 is 56.9 Å². The monoisotopic (exact) mass is 452 g/mol. The molecule has 0 spiro atoms. The minimum atomic E-state index is -0.361. The standard InChI is InChI=1S/C11H18I2O3/c1-11(2,3)9(14)6-8(4-5-12)16-10(15)7-13/h8H,4-7H2,1-3H3. The van der Waals surface area contributed by atoms with Gasteiger partial charge in [0.2, 0.25) is 0 Å². The first-order valence-corrected chi connectivity index (χ1v) is 8.21. The molecular formula is C11H18I2O3. The summed E-state index contributed by atoms with van der Waals surface area (Å²) in [6.45, 7) is 5.66. The van der Waals surface area contributed by atoms with Gasteiger partial charge in [-0.2, -0.15) is 0 Å². The van der Waals surface area contributed by atoms with Gasteiger partial charge >= 0.3 is 5.97 Å². The van der Waals surface area contributed by atoms with Gasteiger partial charge in [0.1, 0.15) is 11.9 Å². The largest absolute Gasteiger partial charge is 0.461 e. The molecule has 0 aromatic carbocycles. The molecule has 1 atom stereocenters. The number of ketones is 1. The summed E-state index contributed by atoms with van der Waals surface area (Å²) in [4.78, 5) is 23.0. The Morgan fingerprint density at radius 2 is 1.81 bits per heavy atom. The molecule has 0 radical (unpaired) electrons. The van der Waals surface area contributed by atoms with E-state index in [2.05, 4.69) is 22.6 Å². The molecule has 0 saturated heterocycles. The van der Waals surface area contributed by atoms with Crippen LogP contribution in [0.1, 0.15) is 33.6 Å². The first-order valence-electron chi connectivity index (χ1n) is 5.16. The van der Waals surface area contributed by atoms with Crippen molar-refractivity contribution in [3.63, 3.8) is 0 Å². The number of carbonyl (C=O) groups excluding carboxylic acids is 2. The number of carbonyl (C=O) groups is 2. The Balaban J connectivity index is 4.33. The second-order valence-corrected chi connectivity index (χ2v) is 6.44. The van der Waals surface area contributed by atoms with Gasteiger partial charge in [-0.15, -0.1) is 0 Å². The number of hydrogen-bond donors (Lipinski definition) is 0. The molecule has 1 unspecified atom stereocenters. The molecule has 0 aliphatic rings. The van der Waals surface area contributed by atoms with Gasteiger partial charge in [0.15, 0.2) is 0 Å². The smallest absolute Gasteiger partial charge is 0.316 e. The van der Waals surface area contributed by atoms with E-state index in [4.69, 9.17) is 4.74 Å². The molecule has 0 aliphatic carbocycles. The summed E-state index contributed by atoms with van der Waals surface area (Å²) >= 11 is 4.19. The summed E-state index contributed by atoms with van der Waals surface area (Å²) in [6, 6.07) is 0. The molecule has 0 aliphatic heterocycles. The SMILES string of the molecule is CC(C)(C)C(=O)CC(CCI)OC(=O)CI. The molecule has 94 valence electrons. The van der Waals surface area contributed by atoms with Crippen molar-refractivity contribution < 1.29 is 14.3 Å². The first-order chi connectivity index (χ1) is 7.31. The quantitative estimate of drug-likeness (QED) is 0.354. The van der Waals surface area contributed by atoms with Crippen LogP contribution >= 0.6 is 45.2 Å². The Bertz CT molecular complexity index is 246. The molecule has 0 rings (SSSR count). The van der Waals surface area contributed by atoms with E-state index in [1.807, 2.05) is 43.4 Å². The van der Waals surface area contributed by atoms with Crippen molar-refractivity contribution in [3.8, 4) is 0 Å². The van der Waals surface area contributed by atoms with Gasteiger partial charge in [-0.05, 0) is 6.42 Å². The van der Waals surface area contributed by atoms with Crippen LogP contribution in [0.5, 0.6) is 0 Å². The number of Topliss-reactive ketones (excluding diaryl/α,β-unsaturated/α-hetero) is 1. The fraction of sp³-hybridized carbons (Fsp3) is 0.818. The first kappa shape index (κ1) is 16.6. The highest BCUT2D eigenvalue weighted by atomic mass is 127. The summed E-state index contributed by atoms with van der Waals surface area (Å²) < 4.78 is 6.45. The second kappa shape index (κ2) is 7.84. The van der Waals surface area contributed by atoms with Crippen LogP contribution in [0.15, 0.2) is 0 Å². The molecule has 0 N–H and O–H groups in total. The Kier molecular flexibility index (Phi) is 8.13. The Morgan fingerprint density at radius 1 is 1.25 bits per heavy atom. The lowest BCUT2D eigenvalue weighted by Crippen LogP contribution is -2.28. The van der Waals surface area contributed by atoms with Crippen LogP contribution in [0.25, 0.3) is 0 Å². The highest BCUT2D eigenvalue weighted by Crippen LogP contribution is 2.20. The zero-order valence-corrected chi connectivity index (χ0v) is 14.2. The van der Waals surface area contributed by atoms with E-state index in [0.29, 0.717) is 10.8 Å². The second-order valence-electron chi connectivity index (χ2n) is 4.60. The van der Waals surface area contributed by atoms with Crippen LogP contribution in [0, 0.1) is 5.41 Å². The third kappa shape index (κ3) is 7.03. The van der Waals surface area contributed by atoms with E-state index < -0.39 is 0 Å². The van der Waals surface area contributed by atoms with Crippen molar-refractivity contribution in [1.29, 1.82) is 0 Å². The molecule has 0 amide bonds. The van der Waals surface area contributed by atoms with Gasteiger partial charge < -0.3 is 4.74 Å². The summed E-state index contributed by atoms with van der Waals surface area (Å²) in [5.41, 5.74) is -0.361. The van der Waals surface area contributed by atoms with E-state index in [1.54, 1.807) is 0 Å². The summed E-state index contributed by atoms with van der Waals surface area (Å²) in [6.07, 6.45) is 0.811. The maximum absolute atomic E-state index is 11.8. The van der Waals surface area contributed by atoms with E-state index >= 15 is 0 Å². The zero-order chi connectivity index (χ0) is 12.8. The number of halogens is 2. The average molecular weight is 452 g/mol. The molecule has 0 saturated carbocycles. The van der Waals surface area contributed by atoms with E-state index in [-0.39, 0.29) is 23.3 Å². The minimum Gasteiger partial charge on any atom is -0.461 e. The Hall–Kier alpha value is 0.600. The lowest BCUT2D eigenvalue weighted by atomic mass is 9.87. The lowest BCUT2D eigenvalue weighted by Gasteiger charge is -2.21. The number of rotatable bonds is 6. The molecular weight excluding hydrogens is 434 g/mol. The predicted molar refractivity (Wildman–Crippen MR) is 81.4 cm³/mol. The van der Waals surface area contributed by atoms with Gasteiger partial charge in [0.25, 0.3) is 0 Å². The zero-order valence-electron chi connectivity index (χ0n) is 9.89. The normalized spacial score (nSPS) is 13.3. The fourth-order valence-corrected chi connectivity index (χ4v) is 1.93. The number of esters is 1. The van der Waals surface area contributed by atoms with Gasteiger partial charge in [-0.1, -0.05) is 66.0 Å². The maximum Gasteiger partial charge on any atom is 0.316 e. The van der Waals surface area contributed by atoms with Crippen molar-refractivity contribution in [1.82, 2.24) is 0 Å². The van der Waals surface area contributed by atoms with E-state index in [9.17, 15) is 9.59 Å². The number of ether oxygens (including phenoxy) is 1. The van der Waals surface area contributed by atoms with Gasteiger partial charge in [0, 0.05) is 16.3 Å². The van der Waals surface area contributed by atoms with E-state index in [0.717, 1.165) is 10.8 Å². The summed E-state index contributed by atoms with van der Waals surface area (Å²) in [5, 5.41) is 0. The molecule has 0 fully saturated rings. The summed E-state index contributed by atoms with van der Waals surface area (Å²) in [5.74, 6) is -0.0965. The van der Waals surface area contributed by atoms with Crippen LogP contribution in [-0.2, 0) is 14.3 Å². The van der Waals surface area contributed by atoms with Crippen molar-refractivity contribution in [2.45, 2.75) is 39.7 Å². The maximum atomic E-state index is 11.8. The van der Waals surface area contributed by atoms with Gasteiger partial charge in [-0.3, -0.25) is 9.59 Å². The summed E-state index contributed by atoms with van der Waals surface area (Å²) in [7, 11) is 0. The van der Waals surface area contributed by atoms with Crippen LogP contribution < -0.4 is 0 Å². The van der Waals surface area contributed by atoms with Gasteiger partial charge in [0.05, 0.1) is 4.43 Å². The van der Waals surface area contributed by atoms with Crippen LogP contribution in [0.3, 0.4) is 0 Å². The molecule has 0 heterocycles. The van der Waals surface area contributed by atoms with Crippen LogP contribution in [0.2, 0.25) is 0 Å². The van der Waals surface area contributed by atoms with Gasteiger partial charge in [-0.25, -0.2) is 0 Å². The molecule has 5 heteroatoms. The molecule has 3 nitrogen and oxygen atoms in total. The third-order valence-corrected chi connectivity index (χ3v) is 3.33. The highest BCUT2D eigenvalue weighted by molar-refractivity contribution is 14.1. The molecule has 0 aromatic heterocycles. The third-order valence-electron chi connectivity index (χ3n) is 2.09. The average Bonchev–Trinajstić information content (AvgIpc) is 2.16. The van der Waals surface area contributed by atoms with Crippen molar-refractivity contribution in [2.75, 3.05) is 8.86 Å². The Morgan fingerprint density at radius 3 is 2.19 bits per heavy atom. The number of alkyl halides is 2. The van der Waals surface area contributed by atoms with Crippen molar-refractivity contribution in [2.24, 2.45) is 5.41 Å². The highest BCUT2D eigenvalue weighted by Gasteiger charge is 2.26. The number of hydrogen-bond acceptors (Lipinski definition) is 3. The molecule has 0 bridgehead atoms. The van der Waals surface area contributed by atoms with Crippen molar-refractivity contribution in [3.05, 3.63) is 0 Å². The van der Waals surface area contributed by atoms with Crippen LogP contribution in [0.4, 0.5) is 0 Å². The molecule has 0 aromatic rings. The van der Waals surface area contributed by atoms with E-state index in [1.165, 1.54) is 0 Å².